The molecule has 0 unspecified atom stereocenters. The van der Waals surface area contributed by atoms with Gasteiger partial charge in [-0.05, 0) is 61.1 Å². The fourth-order valence-corrected chi connectivity index (χ4v) is 3.01. The number of benzene rings is 2. The second kappa shape index (κ2) is 6.21. The summed E-state index contributed by atoms with van der Waals surface area (Å²) >= 11 is 0. The summed E-state index contributed by atoms with van der Waals surface area (Å²) in [7, 11) is 1.67. The number of methoxy groups -OCH3 is 1. The molecule has 112 valence electrons. The van der Waals surface area contributed by atoms with Crippen molar-refractivity contribution < 1.29 is 9.47 Å². The van der Waals surface area contributed by atoms with Crippen LogP contribution in [0.1, 0.15) is 42.0 Å². The average Bonchev–Trinajstić information content (AvgIpc) is 2.43. The fourth-order valence-electron chi connectivity index (χ4n) is 3.01. The molecule has 0 N–H and O–H groups in total. The van der Waals surface area contributed by atoms with Crippen molar-refractivity contribution in [3.05, 3.63) is 52.6 Å². The number of aryl methyl sites for hydroxylation is 2. The van der Waals surface area contributed by atoms with Crippen molar-refractivity contribution >= 4 is 0 Å². The van der Waals surface area contributed by atoms with E-state index in [4.69, 9.17) is 9.47 Å². The average molecular weight is 284 g/mol. The van der Waals surface area contributed by atoms with Crippen LogP contribution in [0.2, 0.25) is 0 Å². The highest BCUT2D eigenvalue weighted by Gasteiger charge is 2.15. The van der Waals surface area contributed by atoms with Gasteiger partial charge in [-0.3, -0.25) is 0 Å². The Morgan fingerprint density at radius 2 is 1.57 bits per heavy atom. The van der Waals surface area contributed by atoms with Crippen LogP contribution >= 0.6 is 0 Å². The molecule has 2 aromatic carbocycles. The molecule has 0 spiro atoms. The van der Waals surface area contributed by atoms with Crippen molar-refractivity contribution in [2.75, 3.05) is 7.11 Å². The second-order valence-electron chi connectivity index (χ2n) is 5.81. The Labute approximate surface area is 127 Å². The predicted molar refractivity (Wildman–Crippen MR) is 87.8 cm³/mol. The largest absolute Gasteiger partial charge is 0.497 e. The zero-order chi connectivity index (χ0) is 15.6. The van der Waals surface area contributed by atoms with E-state index in [2.05, 4.69) is 40.7 Å². The third-order valence-corrected chi connectivity index (χ3v) is 3.80. The Bertz CT molecular complexity index is 642. The van der Waals surface area contributed by atoms with Gasteiger partial charge in [-0.1, -0.05) is 26.0 Å². The van der Waals surface area contributed by atoms with E-state index in [9.17, 15) is 0 Å². The van der Waals surface area contributed by atoms with Gasteiger partial charge in [-0.15, -0.1) is 0 Å². The predicted octanol–water partition coefficient (Wildman–Crippen LogP) is 5.54. The zero-order valence-electron chi connectivity index (χ0n) is 13.8. The monoisotopic (exact) mass is 284 g/mol. The minimum atomic E-state index is 0.484. The Kier molecular flexibility index (Phi) is 4.56. The standard InChI is InChI=1S/C19H24O2/c1-12(2)18-13(3)10-14(4)19(15(18)5)21-17-9-7-8-16(11-17)20-6/h7-12H,1-6H3. The normalized spacial score (nSPS) is 10.8. The summed E-state index contributed by atoms with van der Waals surface area (Å²) < 4.78 is 11.4. The molecule has 0 radical (unpaired) electrons. The molecule has 21 heavy (non-hydrogen) atoms. The summed E-state index contributed by atoms with van der Waals surface area (Å²) in [4.78, 5) is 0. The van der Waals surface area contributed by atoms with Gasteiger partial charge >= 0.3 is 0 Å². The van der Waals surface area contributed by atoms with Gasteiger partial charge in [0.15, 0.2) is 0 Å². The number of ether oxygens (including phenoxy) is 2. The molecule has 2 rings (SSSR count). The number of hydrogen-bond acceptors (Lipinski definition) is 2. The summed E-state index contributed by atoms with van der Waals surface area (Å²) in [6, 6.07) is 9.93. The molecule has 0 atom stereocenters. The Morgan fingerprint density at radius 3 is 2.19 bits per heavy atom. The van der Waals surface area contributed by atoms with Crippen LogP contribution in [0.4, 0.5) is 0 Å². The maximum Gasteiger partial charge on any atom is 0.133 e. The van der Waals surface area contributed by atoms with Crippen LogP contribution in [-0.2, 0) is 0 Å². The lowest BCUT2D eigenvalue weighted by molar-refractivity contribution is 0.408. The molecule has 0 fully saturated rings. The molecular formula is C19H24O2. The van der Waals surface area contributed by atoms with Crippen LogP contribution in [0.5, 0.6) is 17.2 Å². The van der Waals surface area contributed by atoms with Gasteiger partial charge < -0.3 is 9.47 Å². The smallest absolute Gasteiger partial charge is 0.133 e. The van der Waals surface area contributed by atoms with Crippen LogP contribution < -0.4 is 9.47 Å². The van der Waals surface area contributed by atoms with Crippen molar-refractivity contribution in [1.82, 2.24) is 0 Å². The summed E-state index contributed by atoms with van der Waals surface area (Å²) in [6.45, 7) is 10.9. The molecular weight excluding hydrogens is 260 g/mol. The van der Waals surface area contributed by atoms with E-state index in [1.165, 1.54) is 16.7 Å². The van der Waals surface area contributed by atoms with Gasteiger partial charge in [-0.25, -0.2) is 0 Å². The minimum absolute atomic E-state index is 0.484. The van der Waals surface area contributed by atoms with Crippen molar-refractivity contribution in [3.8, 4) is 17.2 Å². The topological polar surface area (TPSA) is 18.5 Å². The SMILES string of the molecule is COc1cccc(Oc2c(C)cc(C)c(C(C)C)c2C)c1. The number of rotatable bonds is 4. The molecule has 2 aromatic rings. The van der Waals surface area contributed by atoms with Gasteiger partial charge in [0.05, 0.1) is 7.11 Å². The molecule has 0 bridgehead atoms. The maximum absolute atomic E-state index is 6.15. The molecule has 0 amide bonds. The highest BCUT2D eigenvalue weighted by Crippen LogP contribution is 2.36. The van der Waals surface area contributed by atoms with E-state index >= 15 is 0 Å². The number of hydrogen-bond donors (Lipinski definition) is 0. The lowest BCUT2D eigenvalue weighted by Gasteiger charge is -2.20. The van der Waals surface area contributed by atoms with E-state index in [1.54, 1.807) is 7.11 Å². The molecule has 0 aliphatic carbocycles. The first kappa shape index (κ1) is 15.4. The van der Waals surface area contributed by atoms with Crippen LogP contribution in [0.3, 0.4) is 0 Å². The Hall–Kier alpha value is -1.96. The van der Waals surface area contributed by atoms with Crippen LogP contribution in [-0.4, -0.2) is 7.11 Å². The van der Waals surface area contributed by atoms with E-state index in [1.807, 2.05) is 24.3 Å². The summed E-state index contributed by atoms with van der Waals surface area (Å²) in [6.07, 6.45) is 0. The van der Waals surface area contributed by atoms with Crippen LogP contribution in [0, 0.1) is 20.8 Å². The molecule has 0 aliphatic heterocycles. The minimum Gasteiger partial charge on any atom is -0.497 e. The van der Waals surface area contributed by atoms with Crippen molar-refractivity contribution in [3.63, 3.8) is 0 Å². The van der Waals surface area contributed by atoms with Crippen molar-refractivity contribution in [1.29, 1.82) is 0 Å². The van der Waals surface area contributed by atoms with Crippen LogP contribution in [0.25, 0.3) is 0 Å². The Morgan fingerprint density at radius 1 is 0.905 bits per heavy atom. The summed E-state index contributed by atoms with van der Waals surface area (Å²) in [5.74, 6) is 3.05. The summed E-state index contributed by atoms with van der Waals surface area (Å²) in [5, 5.41) is 0. The van der Waals surface area contributed by atoms with Crippen molar-refractivity contribution in [2.45, 2.75) is 40.5 Å². The first-order chi connectivity index (χ1) is 9.93. The molecule has 0 saturated heterocycles. The lowest BCUT2D eigenvalue weighted by atomic mass is 9.91. The molecule has 2 heteroatoms. The van der Waals surface area contributed by atoms with Gasteiger partial charge in [-0.2, -0.15) is 0 Å². The van der Waals surface area contributed by atoms with E-state index in [0.717, 1.165) is 22.8 Å². The molecule has 0 heterocycles. The van der Waals surface area contributed by atoms with Gasteiger partial charge in [0.1, 0.15) is 17.2 Å². The Balaban J connectivity index is 2.46. The molecule has 0 saturated carbocycles. The van der Waals surface area contributed by atoms with Gasteiger partial charge in [0, 0.05) is 6.07 Å². The third kappa shape index (κ3) is 3.21. The molecule has 2 nitrogen and oxygen atoms in total. The zero-order valence-corrected chi connectivity index (χ0v) is 13.8. The highest BCUT2D eigenvalue weighted by molar-refractivity contribution is 5.52. The van der Waals surface area contributed by atoms with Gasteiger partial charge in [0.2, 0.25) is 0 Å². The van der Waals surface area contributed by atoms with E-state index in [-0.39, 0.29) is 0 Å². The highest BCUT2D eigenvalue weighted by atomic mass is 16.5. The summed E-state index contributed by atoms with van der Waals surface area (Å²) in [5.41, 5.74) is 5.10. The lowest BCUT2D eigenvalue weighted by Crippen LogP contribution is -2.01. The first-order valence-electron chi connectivity index (χ1n) is 7.36. The fraction of sp³-hybridized carbons (Fsp3) is 0.368. The van der Waals surface area contributed by atoms with E-state index in [0.29, 0.717) is 5.92 Å². The van der Waals surface area contributed by atoms with Crippen LogP contribution in [0.15, 0.2) is 30.3 Å². The molecule has 0 aromatic heterocycles. The third-order valence-electron chi connectivity index (χ3n) is 3.80. The second-order valence-corrected chi connectivity index (χ2v) is 5.81. The maximum atomic E-state index is 6.15. The quantitative estimate of drug-likeness (QED) is 0.734. The van der Waals surface area contributed by atoms with Gasteiger partial charge in [0.25, 0.3) is 0 Å². The first-order valence-corrected chi connectivity index (χ1v) is 7.36. The van der Waals surface area contributed by atoms with Crippen molar-refractivity contribution in [2.24, 2.45) is 0 Å². The van der Waals surface area contributed by atoms with E-state index < -0.39 is 0 Å². The molecule has 0 aliphatic rings.